The lowest BCUT2D eigenvalue weighted by atomic mass is 10.2. The topological polar surface area (TPSA) is 55.4 Å². The molecule has 0 spiro atoms. The highest BCUT2D eigenvalue weighted by Crippen LogP contribution is 2.25. The fourth-order valence-corrected chi connectivity index (χ4v) is 2.00. The van der Waals surface area contributed by atoms with E-state index in [1.165, 1.54) is 12.1 Å². The molecule has 1 N–H and O–H groups in total. The molecule has 0 saturated heterocycles. The fourth-order valence-electron chi connectivity index (χ4n) is 1.57. The molecule has 4 nitrogen and oxygen atoms in total. The van der Waals surface area contributed by atoms with E-state index in [0.717, 1.165) is 12.1 Å². The van der Waals surface area contributed by atoms with Crippen LogP contribution < -0.4 is 5.32 Å². The summed E-state index contributed by atoms with van der Waals surface area (Å²) in [6.07, 6.45) is 0. The van der Waals surface area contributed by atoms with Crippen molar-refractivity contribution in [1.82, 2.24) is 0 Å². The van der Waals surface area contributed by atoms with Crippen molar-refractivity contribution in [3.05, 3.63) is 63.3 Å². The van der Waals surface area contributed by atoms with Gasteiger partial charge in [-0.05, 0) is 58.4 Å². The minimum atomic E-state index is -0.705. The molecular weight excluding hydrogens is 377 g/mol. The van der Waals surface area contributed by atoms with Crippen LogP contribution in [-0.2, 0) is 9.53 Å². The van der Waals surface area contributed by atoms with Gasteiger partial charge in [-0.2, -0.15) is 0 Å². The van der Waals surface area contributed by atoms with Gasteiger partial charge in [-0.25, -0.2) is 9.18 Å². The Morgan fingerprint density at radius 3 is 2.50 bits per heavy atom. The van der Waals surface area contributed by atoms with Crippen molar-refractivity contribution in [2.45, 2.75) is 0 Å². The van der Waals surface area contributed by atoms with Crippen LogP contribution in [0, 0.1) is 5.82 Å². The Labute approximate surface area is 139 Å². The number of nitrogens with one attached hydrogen (secondary N) is 1. The van der Waals surface area contributed by atoms with Gasteiger partial charge in [-0.1, -0.05) is 11.6 Å². The molecule has 0 bridgehead atoms. The summed E-state index contributed by atoms with van der Waals surface area (Å²) >= 11 is 9.14. The van der Waals surface area contributed by atoms with Crippen LogP contribution in [-0.4, -0.2) is 18.5 Å². The first-order valence-corrected chi connectivity index (χ1v) is 7.30. The van der Waals surface area contributed by atoms with Crippen LogP contribution in [0.15, 0.2) is 46.9 Å². The molecule has 0 saturated carbocycles. The van der Waals surface area contributed by atoms with Gasteiger partial charge in [-0.15, -0.1) is 0 Å². The zero-order chi connectivity index (χ0) is 16.1. The summed E-state index contributed by atoms with van der Waals surface area (Å²) in [5.74, 6) is -1.67. The van der Waals surface area contributed by atoms with Crippen molar-refractivity contribution < 1.29 is 18.7 Å². The van der Waals surface area contributed by atoms with E-state index >= 15 is 0 Å². The number of carbonyl (C=O) groups excluding carboxylic acids is 2. The second-order valence-electron chi connectivity index (χ2n) is 4.26. The Hall–Kier alpha value is -1.92. The minimum absolute atomic E-state index is 0.167. The van der Waals surface area contributed by atoms with Crippen LogP contribution >= 0.6 is 27.5 Å². The molecule has 0 aromatic heterocycles. The Morgan fingerprint density at radius 1 is 1.18 bits per heavy atom. The van der Waals surface area contributed by atoms with Crippen LogP contribution in [0.4, 0.5) is 10.1 Å². The first-order chi connectivity index (χ1) is 10.5. The van der Waals surface area contributed by atoms with E-state index in [-0.39, 0.29) is 5.56 Å². The lowest BCUT2D eigenvalue weighted by molar-refractivity contribution is -0.119. The smallest absolute Gasteiger partial charge is 0.338 e. The van der Waals surface area contributed by atoms with E-state index in [1.54, 1.807) is 18.2 Å². The fraction of sp³-hybridized carbons (Fsp3) is 0.0667. The lowest BCUT2D eigenvalue weighted by Gasteiger charge is -2.07. The van der Waals surface area contributed by atoms with E-state index < -0.39 is 24.3 Å². The number of halogens is 3. The Balaban J connectivity index is 1.88. The van der Waals surface area contributed by atoms with Crippen molar-refractivity contribution in [2.75, 3.05) is 11.9 Å². The molecule has 0 aliphatic rings. The molecular formula is C15H10BrClFNO3. The highest BCUT2D eigenvalue weighted by atomic mass is 79.9. The summed E-state index contributed by atoms with van der Waals surface area (Å²) in [5, 5.41) is 2.99. The molecule has 0 aliphatic heterocycles. The maximum absolute atomic E-state index is 12.7. The number of esters is 1. The van der Waals surface area contributed by atoms with Gasteiger partial charge in [0.1, 0.15) is 5.82 Å². The quantitative estimate of drug-likeness (QED) is 0.807. The second kappa shape index (κ2) is 7.38. The first kappa shape index (κ1) is 16.5. The third-order valence-corrected chi connectivity index (χ3v) is 3.85. The molecule has 114 valence electrons. The van der Waals surface area contributed by atoms with Gasteiger partial charge >= 0.3 is 5.97 Å². The molecule has 0 unspecified atom stereocenters. The molecule has 2 aromatic carbocycles. The summed E-state index contributed by atoms with van der Waals surface area (Å²) in [6, 6.07) is 9.73. The van der Waals surface area contributed by atoms with Gasteiger partial charge in [0.2, 0.25) is 0 Å². The number of hydrogen-bond donors (Lipinski definition) is 1. The van der Waals surface area contributed by atoms with Gasteiger partial charge in [0.05, 0.1) is 10.6 Å². The van der Waals surface area contributed by atoms with Crippen molar-refractivity contribution in [3.63, 3.8) is 0 Å². The Morgan fingerprint density at radius 2 is 1.86 bits per heavy atom. The third kappa shape index (κ3) is 4.54. The molecule has 7 heteroatoms. The average Bonchev–Trinajstić information content (AvgIpc) is 2.49. The minimum Gasteiger partial charge on any atom is -0.452 e. The number of benzene rings is 2. The van der Waals surface area contributed by atoms with Gasteiger partial charge < -0.3 is 10.1 Å². The largest absolute Gasteiger partial charge is 0.452 e. The van der Waals surface area contributed by atoms with E-state index in [2.05, 4.69) is 21.2 Å². The maximum Gasteiger partial charge on any atom is 0.338 e. The second-order valence-corrected chi connectivity index (χ2v) is 5.52. The molecule has 22 heavy (non-hydrogen) atoms. The predicted octanol–water partition coefficient (Wildman–Crippen LogP) is 4.04. The Kier molecular flexibility index (Phi) is 5.51. The monoisotopic (exact) mass is 385 g/mol. The molecule has 1 amide bonds. The maximum atomic E-state index is 12.7. The predicted molar refractivity (Wildman–Crippen MR) is 84.5 cm³/mol. The number of ether oxygens (including phenoxy) is 1. The summed E-state index contributed by atoms with van der Waals surface area (Å²) in [4.78, 5) is 23.4. The van der Waals surface area contributed by atoms with Gasteiger partial charge in [0.15, 0.2) is 6.61 Å². The van der Waals surface area contributed by atoms with Crippen LogP contribution in [0.5, 0.6) is 0 Å². The van der Waals surface area contributed by atoms with Crippen molar-refractivity contribution >= 4 is 45.1 Å². The molecule has 0 fully saturated rings. The van der Waals surface area contributed by atoms with Crippen molar-refractivity contribution in [2.24, 2.45) is 0 Å². The normalized spacial score (nSPS) is 10.1. The number of carbonyl (C=O) groups is 2. The molecule has 0 aliphatic carbocycles. The highest BCUT2D eigenvalue weighted by Gasteiger charge is 2.11. The van der Waals surface area contributed by atoms with Crippen LogP contribution in [0.1, 0.15) is 10.4 Å². The van der Waals surface area contributed by atoms with E-state index in [0.29, 0.717) is 15.2 Å². The van der Waals surface area contributed by atoms with Crippen molar-refractivity contribution in [3.8, 4) is 0 Å². The molecule has 0 heterocycles. The zero-order valence-electron chi connectivity index (χ0n) is 11.1. The van der Waals surface area contributed by atoms with E-state index in [1.807, 2.05) is 0 Å². The lowest BCUT2D eigenvalue weighted by Crippen LogP contribution is -2.20. The first-order valence-electron chi connectivity index (χ1n) is 6.13. The van der Waals surface area contributed by atoms with E-state index in [4.69, 9.17) is 16.3 Å². The third-order valence-electron chi connectivity index (χ3n) is 2.62. The van der Waals surface area contributed by atoms with Gasteiger partial charge in [-0.3, -0.25) is 4.79 Å². The molecule has 2 rings (SSSR count). The SMILES string of the molecule is O=C(COC(=O)c1ccc(F)cc1)Nc1ccc(Br)c(Cl)c1. The van der Waals surface area contributed by atoms with Gasteiger partial charge in [0, 0.05) is 10.2 Å². The number of anilines is 1. The van der Waals surface area contributed by atoms with Crippen LogP contribution in [0.2, 0.25) is 5.02 Å². The Bertz CT molecular complexity index is 706. The number of amides is 1. The standard InChI is InChI=1S/C15H10BrClFNO3/c16-12-6-5-11(7-13(12)17)19-14(20)8-22-15(21)9-1-3-10(18)4-2-9/h1-7H,8H2,(H,19,20). The summed E-state index contributed by atoms with van der Waals surface area (Å²) in [5.41, 5.74) is 0.650. The number of hydrogen-bond acceptors (Lipinski definition) is 3. The van der Waals surface area contributed by atoms with Crippen LogP contribution in [0.25, 0.3) is 0 Å². The molecule has 0 atom stereocenters. The number of rotatable bonds is 4. The van der Waals surface area contributed by atoms with Crippen molar-refractivity contribution in [1.29, 1.82) is 0 Å². The molecule has 2 aromatic rings. The average molecular weight is 387 g/mol. The van der Waals surface area contributed by atoms with E-state index in [9.17, 15) is 14.0 Å². The summed E-state index contributed by atoms with van der Waals surface area (Å²) < 4.78 is 18.3. The molecule has 0 radical (unpaired) electrons. The summed E-state index contributed by atoms with van der Waals surface area (Å²) in [7, 11) is 0. The van der Waals surface area contributed by atoms with Gasteiger partial charge in [0.25, 0.3) is 5.91 Å². The summed E-state index contributed by atoms with van der Waals surface area (Å²) in [6.45, 7) is -0.454. The zero-order valence-corrected chi connectivity index (χ0v) is 13.4. The highest BCUT2D eigenvalue weighted by molar-refractivity contribution is 9.10. The van der Waals surface area contributed by atoms with Crippen LogP contribution in [0.3, 0.4) is 0 Å².